The van der Waals surface area contributed by atoms with Crippen LogP contribution in [0.5, 0.6) is 0 Å². The Morgan fingerprint density at radius 3 is 2.02 bits per heavy atom. The number of carbonyl (C=O) groups is 3. The van der Waals surface area contributed by atoms with E-state index in [1.165, 1.54) is 4.57 Å². The Labute approximate surface area is 255 Å². The minimum atomic E-state index is -0.896. The molecule has 0 bridgehead atoms. The van der Waals surface area contributed by atoms with Crippen LogP contribution in [0.2, 0.25) is 0 Å². The first-order valence-corrected chi connectivity index (χ1v) is 14.7. The molecule has 2 atom stereocenters. The molecule has 1 fully saturated rings. The maximum absolute atomic E-state index is 13.6. The largest absolute Gasteiger partial charge is 0.434 e. The van der Waals surface area contributed by atoms with Crippen LogP contribution in [0, 0.1) is 0 Å². The van der Waals surface area contributed by atoms with E-state index in [-0.39, 0.29) is 37.6 Å². The summed E-state index contributed by atoms with van der Waals surface area (Å²) < 4.78 is 12.4. The molecule has 0 saturated carbocycles. The SMILES string of the molecule is O=C(CCc1ccccc1)Nc1ccc(CCc2ccccc2)n(CC(=O)NC2CC(OCc3ccccc3)OC2=O)c1=O. The van der Waals surface area contributed by atoms with Crippen LogP contribution in [0.3, 0.4) is 0 Å². The van der Waals surface area contributed by atoms with Gasteiger partial charge in [0.1, 0.15) is 18.3 Å². The second kappa shape index (κ2) is 14.9. The molecule has 226 valence electrons. The van der Waals surface area contributed by atoms with E-state index in [2.05, 4.69) is 10.6 Å². The van der Waals surface area contributed by atoms with Crippen LogP contribution >= 0.6 is 0 Å². The van der Waals surface area contributed by atoms with Crippen molar-refractivity contribution in [2.24, 2.45) is 0 Å². The molecule has 0 spiro atoms. The van der Waals surface area contributed by atoms with Crippen molar-refractivity contribution >= 4 is 23.5 Å². The molecule has 9 nitrogen and oxygen atoms in total. The van der Waals surface area contributed by atoms with E-state index in [0.717, 1.165) is 16.7 Å². The predicted molar refractivity (Wildman–Crippen MR) is 166 cm³/mol. The highest BCUT2D eigenvalue weighted by Gasteiger charge is 2.36. The molecule has 2 unspecified atom stereocenters. The van der Waals surface area contributed by atoms with Gasteiger partial charge >= 0.3 is 5.97 Å². The van der Waals surface area contributed by atoms with Crippen molar-refractivity contribution in [3.8, 4) is 0 Å². The van der Waals surface area contributed by atoms with Crippen molar-refractivity contribution < 1.29 is 23.9 Å². The Morgan fingerprint density at radius 1 is 0.750 bits per heavy atom. The van der Waals surface area contributed by atoms with Gasteiger partial charge in [-0.1, -0.05) is 91.0 Å². The second-order valence-corrected chi connectivity index (χ2v) is 10.7. The van der Waals surface area contributed by atoms with Crippen LogP contribution in [-0.2, 0) is 56.3 Å². The molecule has 0 aliphatic carbocycles. The molecule has 5 rings (SSSR count). The first-order chi connectivity index (χ1) is 21.4. The number of nitrogens with zero attached hydrogens (tertiary/aromatic N) is 1. The quantitative estimate of drug-likeness (QED) is 0.225. The number of nitrogens with one attached hydrogen (secondary N) is 2. The molecular formula is C35H35N3O6. The van der Waals surface area contributed by atoms with Crippen molar-refractivity contribution in [1.29, 1.82) is 0 Å². The average molecular weight is 594 g/mol. The van der Waals surface area contributed by atoms with Gasteiger partial charge in [0, 0.05) is 18.5 Å². The van der Waals surface area contributed by atoms with Crippen LogP contribution in [0.25, 0.3) is 0 Å². The van der Waals surface area contributed by atoms with E-state index in [1.54, 1.807) is 12.1 Å². The van der Waals surface area contributed by atoms with Crippen molar-refractivity contribution in [2.75, 3.05) is 5.32 Å². The highest BCUT2D eigenvalue weighted by Crippen LogP contribution is 2.18. The van der Waals surface area contributed by atoms with Crippen molar-refractivity contribution in [3.63, 3.8) is 0 Å². The summed E-state index contributed by atoms with van der Waals surface area (Å²) in [6, 6.07) is 31.4. The van der Waals surface area contributed by atoms with E-state index in [9.17, 15) is 19.2 Å². The van der Waals surface area contributed by atoms with Gasteiger partial charge in [0.15, 0.2) is 0 Å². The average Bonchev–Trinajstić information content (AvgIpc) is 3.40. The predicted octanol–water partition coefficient (Wildman–Crippen LogP) is 4.18. The molecular weight excluding hydrogens is 558 g/mol. The zero-order chi connectivity index (χ0) is 30.7. The summed E-state index contributed by atoms with van der Waals surface area (Å²) in [7, 11) is 0. The number of ether oxygens (including phenoxy) is 2. The lowest BCUT2D eigenvalue weighted by atomic mass is 10.1. The molecule has 1 aromatic heterocycles. The number of aryl methyl sites for hydroxylation is 3. The number of pyridine rings is 1. The summed E-state index contributed by atoms with van der Waals surface area (Å²) in [6.45, 7) is -0.0561. The van der Waals surface area contributed by atoms with Crippen LogP contribution in [0.1, 0.15) is 35.2 Å². The highest BCUT2D eigenvalue weighted by molar-refractivity contribution is 5.90. The van der Waals surface area contributed by atoms with Crippen LogP contribution in [-0.4, -0.2) is 34.7 Å². The number of esters is 1. The Hall–Kier alpha value is -5.02. The Morgan fingerprint density at radius 2 is 1.36 bits per heavy atom. The summed E-state index contributed by atoms with van der Waals surface area (Å²) >= 11 is 0. The number of carbonyl (C=O) groups excluding carboxylic acids is 3. The summed E-state index contributed by atoms with van der Waals surface area (Å²) in [5.41, 5.74) is 3.28. The maximum Gasteiger partial charge on any atom is 0.331 e. The molecule has 0 radical (unpaired) electrons. The van der Waals surface area contributed by atoms with Crippen LogP contribution < -0.4 is 16.2 Å². The van der Waals surface area contributed by atoms with Crippen molar-refractivity contribution in [1.82, 2.24) is 9.88 Å². The Balaban J connectivity index is 1.25. The fourth-order valence-corrected chi connectivity index (χ4v) is 5.05. The number of cyclic esters (lactones) is 1. The summed E-state index contributed by atoms with van der Waals surface area (Å²) in [4.78, 5) is 51.9. The van der Waals surface area contributed by atoms with E-state index in [0.29, 0.717) is 25.0 Å². The maximum atomic E-state index is 13.6. The minimum absolute atomic E-state index is 0.0916. The number of aromatic nitrogens is 1. The van der Waals surface area contributed by atoms with Gasteiger partial charge in [-0.05, 0) is 48.1 Å². The molecule has 1 aliphatic rings. The van der Waals surface area contributed by atoms with Crippen LogP contribution in [0.4, 0.5) is 5.69 Å². The van der Waals surface area contributed by atoms with Gasteiger partial charge < -0.3 is 24.7 Å². The lowest BCUT2D eigenvalue weighted by molar-refractivity contribution is -0.165. The zero-order valence-electron chi connectivity index (χ0n) is 24.3. The molecule has 3 aromatic carbocycles. The molecule has 44 heavy (non-hydrogen) atoms. The second-order valence-electron chi connectivity index (χ2n) is 10.7. The number of hydrogen-bond donors (Lipinski definition) is 2. The topological polar surface area (TPSA) is 116 Å². The molecule has 1 saturated heterocycles. The number of rotatable bonds is 13. The van der Waals surface area contributed by atoms with E-state index in [1.807, 2.05) is 91.0 Å². The lowest BCUT2D eigenvalue weighted by Gasteiger charge is -2.16. The van der Waals surface area contributed by atoms with Gasteiger partial charge in [-0.3, -0.25) is 14.4 Å². The fraction of sp³-hybridized carbons (Fsp3) is 0.257. The third-order valence-corrected chi connectivity index (χ3v) is 7.41. The number of amides is 2. The minimum Gasteiger partial charge on any atom is -0.434 e. The lowest BCUT2D eigenvalue weighted by Crippen LogP contribution is -2.42. The monoisotopic (exact) mass is 593 g/mol. The van der Waals surface area contributed by atoms with Crippen molar-refractivity contribution in [2.45, 2.75) is 57.6 Å². The van der Waals surface area contributed by atoms with Gasteiger partial charge in [0.2, 0.25) is 18.1 Å². The normalized spacial score (nSPS) is 15.9. The third kappa shape index (κ3) is 8.52. The Kier molecular flexibility index (Phi) is 10.3. The molecule has 4 aromatic rings. The van der Waals surface area contributed by atoms with Crippen LogP contribution in [0.15, 0.2) is 108 Å². The third-order valence-electron chi connectivity index (χ3n) is 7.41. The first kappa shape index (κ1) is 30.4. The fourth-order valence-electron chi connectivity index (χ4n) is 5.05. The number of benzene rings is 3. The number of anilines is 1. The highest BCUT2D eigenvalue weighted by atomic mass is 16.7. The van der Waals surface area contributed by atoms with Crippen molar-refractivity contribution in [3.05, 3.63) is 136 Å². The van der Waals surface area contributed by atoms with Gasteiger partial charge in [-0.25, -0.2) is 4.79 Å². The summed E-state index contributed by atoms with van der Waals surface area (Å²) in [5, 5.41) is 5.41. The van der Waals surface area contributed by atoms with Gasteiger partial charge in [-0.15, -0.1) is 0 Å². The van der Waals surface area contributed by atoms with Gasteiger partial charge in [0.25, 0.3) is 5.56 Å². The Bertz CT molecular complexity index is 1620. The van der Waals surface area contributed by atoms with E-state index >= 15 is 0 Å². The van der Waals surface area contributed by atoms with E-state index in [4.69, 9.17) is 9.47 Å². The molecule has 9 heteroatoms. The van der Waals surface area contributed by atoms with Gasteiger partial charge in [-0.2, -0.15) is 0 Å². The zero-order valence-corrected chi connectivity index (χ0v) is 24.3. The standard InChI is InChI=1S/C35H35N3O6/c39-31(21-17-26-12-6-2-7-13-26)36-29-20-19-28(18-16-25-10-4-1-5-11-25)38(34(29)41)23-32(40)37-30-22-33(44-35(30)42)43-24-27-14-8-3-9-15-27/h1-15,19-20,30,33H,16-18,21-24H2,(H,36,39)(H,37,40). The molecule has 2 amide bonds. The number of hydrogen-bond acceptors (Lipinski definition) is 6. The molecule has 2 heterocycles. The molecule has 1 aliphatic heterocycles. The smallest absolute Gasteiger partial charge is 0.331 e. The first-order valence-electron chi connectivity index (χ1n) is 14.7. The van der Waals surface area contributed by atoms with Gasteiger partial charge in [0.05, 0.1) is 6.61 Å². The van der Waals surface area contributed by atoms with E-state index < -0.39 is 29.8 Å². The summed E-state index contributed by atoms with van der Waals surface area (Å²) in [6.07, 6.45) is 1.26. The summed E-state index contributed by atoms with van der Waals surface area (Å²) in [5.74, 6) is -1.41. The molecule has 2 N–H and O–H groups in total.